The minimum absolute atomic E-state index is 0.235. The molecule has 1 N–H and O–H groups in total. The second-order valence-electron chi connectivity index (χ2n) is 4.13. The van der Waals surface area contributed by atoms with Gasteiger partial charge in [-0.2, -0.15) is 0 Å². The summed E-state index contributed by atoms with van der Waals surface area (Å²) in [5.74, 6) is 0.836. The maximum Gasteiger partial charge on any atom is 0.137 e. The Kier molecular flexibility index (Phi) is 5.73. The average molecular weight is 309 g/mol. The molecule has 1 nitrogen and oxygen atoms in total. The molecule has 0 aliphatic heterocycles. The van der Waals surface area contributed by atoms with E-state index in [0.717, 1.165) is 5.56 Å². The first-order chi connectivity index (χ1) is 7.54. The minimum atomic E-state index is -0.235. The second kappa shape index (κ2) is 6.58. The van der Waals surface area contributed by atoms with Gasteiger partial charge in [0.1, 0.15) is 5.82 Å². The molecule has 0 aromatic heterocycles. The quantitative estimate of drug-likeness (QED) is 0.812. The molecule has 0 aliphatic rings. The first-order valence-electron chi connectivity index (χ1n) is 5.28. The molecule has 0 aliphatic carbocycles. The first kappa shape index (κ1) is 13.9. The van der Waals surface area contributed by atoms with Gasteiger partial charge in [0.05, 0.1) is 4.47 Å². The zero-order valence-electron chi connectivity index (χ0n) is 9.43. The van der Waals surface area contributed by atoms with E-state index >= 15 is 0 Å². The van der Waals surface area contributed by atoms with E-state index in [9.17, 15) is 4.39 Å². The third kappa shape index (κ3) is 4.04. The highest BCUT2D eigenvalue weighted by atomic mass is 79.9. The van der Waals surface area contributed by atoms with Gasteiger partial charge in [-0.25, -0.2) is 4.39 Å². The Morgan fingerprint density at radius 3 is 2.62 bits per heavy atom. The fourth-order valence-electron chi connectivity index (χ4n) is 1.37. The van der Waals surface area contributed by atoms with Crippen LogP contribution >= 0.6 is 27.5 Å². The number of alkyl halides is 1. The van der Waals surface area contributed by atoms with E-state index in [2.05, 4.69) is 35.1 Å². The standard InChI is InChI=1S/C12H16BrClFN/c1-8(2)12(6-14)16-7-9-3-4-11(15)10(13)5-9/h3-5,8,12,16H,6-7H2,1-2H3. The highest BCUT2D eigenvalue weighted by Gasteiger charge is 2.11. The lowest BCUT2D eigenvalue weighted by Gasteiger charge is -2.19. The number of benzene rings is 1. The Morgan fingerprint density at radius 1 is 1.44 bits per heavy atom. The molecular weight excluding hydrogens is 292 g/mol. The predicted octanol–water partition coefficient (Wildman–Crippen LogP) is 3.94. The number of hydrogen-bond acceptors (Lipinski definition) is 1. The Bertz CT molecular complexity index is 344. The van der Waals surface area contributed by atoms with Crippen molar-refractivity contribution >= 4 is 27.5 Å². The molecule has 0 fully saturated rings. The van der Waals surface area contributed by atoms with Crippen LogP contribution in [-0.4, -0.2) is 11.9 Å². The molecule has 1 unspecified atom stereocenters. The molecule has 0 radical (unpaired) electrons. The Morgan fingerprint density at radius 2 is 2.12 bits per heavy atom. The fraction of sp³-hybridized carbons (Fsp3) is 0.500. The Balaban J connectivity index is 2.57. The van der Waals surface area contributed by atoms with Gasteiger partial charge in [-0.15, -0.1) is 11.6 Å². The van der Waals surface area contributed by atoms with Crippen LogP contribution in [0.4, 0.5) is 4.39 Å². The topological polar surface area (TPSA) is 12.0 Å². The number of halogens is 3. The molecule has 0 amide bonds. The van der Waals surface area contributed by atoms with Gasteiger partial charge in [0.15, 0.2) is 0 Å². The van der Waals surface area contributed by atoms with Gasteiger partial charge >= 0.3 is 0 Å². The summed E-state index contributed by atoms with van der Waals surface area (Å²) in [5, 5.41) is 3.36. The number of hydrogen-bond donors (Lipinski definition) is 1. The van der Waals surface area contributed by atoms with Crippen LogP contribution in [0, 0.1) is 11.7 Å². The smallest absolute Gasteiger partial charge is 0.137 e. The fourth-order valence-corrected chi connectivity index (χ4v) is 2.26. The molecule has 0 heterocycles. The van der Waals surface area contributed by atoms with Gasteiger partial charge in [-0.05, 0) is 39.5 Å². The molecule has 1 rings (SSSR count). The first-order valence-corrected chi connectivity index (χ1v) is 6.60. The van der Waals surface area contributed by atoms with E-state index in [1.807, 2.05) is 0 Å². The van der Waals surface area contributed by atoms with Crippen molar-refractivity contribution < 1.29 is 4.39 Å². The van der Waals surface area contributed by atoms with Crippen molar-refractivity contribution in [3.63, 3.8) is 0 Å². The van der Waals surface area contributed by atoms with E-state index in [4.69, 9.17) is 11.6 Å². The molecular formula is C12H16BrClFN. The van der Waals surface area contributed by atoms with Crippen LogP contribution in [-0.2, 0) is 6.54 Å². The molecule has 1 aromatic rings. The summed E-state index contributed by atoms with van der Waals surface area (Å²) >= 11 is 9.02. The molecule has 16 heavy (non-hydrogen) atoms. The molecule has 0 spiro atoms. The van der Waals surface area contributed by atoms with E-state index in [1.165, 1.54) is 6.07 Å². The van der Waals surface area contributed by atoms with E-state index in [0.29, 0.717) is 22.8 Å². The maximum atomic E-state index is 13.0. The van der Waals surface area contributed by atoms with Crippen molar-refractivity contribution in [3.8, 4) is 0 Å². The summed E-state index contributed by atoms with van der Waals surface area (Å²) < 4.78 is 13.5. The predicted molar refractivity (Wildman–Crippen MR) is 70.3 cm³/mol. The summed E-state index contributed by atoms with van der Waals surface area (Å²) in [7, 11) is 0. The third-order valence-corrected chi connectivity index (χ3v) is 3.46. The van der Waals surface area contributed by atoms with Crippen LogP contribution in [0.3, 0.4) is 0 Å². The van der Waals surface area contributed by atoms with Gasteiger partial charge < -0.3 is 5.32 Å². The lowest BCUT2D eigenvalue weighted by Crippen LogP contribution is -2.34. The van der Waals surface area contributed by atoms with Crippen molar-refractivity contribution in [1.82, 2.24) is 5.32 Å². The van der Waals surface area contributed by atoms with Crippen molar-refractivity contribution in [2.45, 2.75) is 26.4 Å². The number of rotatable bonds is 5. The van der Waals surface area contributed by atoms with E-state index < -0.39 is 0 Å². The van der Waals surface area contributed by atoms with Crippen molar-refractivity contribution in [1.29, 1.82) is 0 Å². The number of nitrogens with one attached hydrogen (secondary N) is 1. The highest BCUT2D eigenvalue weighted by Crippen LogP contribution is 2.17. The van der Waals surface area contributed by atoms with Gasteiger partial charge in [-0.3, -0.25) is 0 Å². The van der Waals surface area contributed by atoms with Gasteiger partial charge in [-0.1, -0.05) is 19.9 Å². The average Bonchev–Trinajstić information content (AvgIpc) is 2.23. The SMILES string of the molecule is CC(C)C(CCl)NCc1ccc(F)c(Br)c1. The highest BCUT2D eigenvalue weighted by molar-refractivity contribution is 9.10. The normalized spacial score (nSPS) is 13.1. The zero-order valence-corrected chi connectivity index (χ0v) is 11.8. The summed E-state index contributed by atoms with van der Waals surface area (Å²) in [6.07, 6.45) is 0. The molecule has 4 heteroatoms. The zero-order chi connectivity index (χ0) is 12.1. The Hall–Kier alpha value is -0.120. The van der Waals surface area contributed by atoms with Crippen molar-refractivity contribution in [2.75, 3.05) is 5.88 Å². The Labute approximate surface area is 110 Å². The molecule has 0 saturated carbocycles. The molecule has 1 aromatic carbocycles. The van der Waals surface area contributed by atoms with Gasteiger partial charge in [0, 0.05) is 18.5 Å². The monoisotopic (exact) mass is 307 g/mol. The van der Waals surface area contributed by atoms with Crippen molar-refractivity contribution in [2.24, 2.45) is 5.92 Å². The molecule has 0 bridgehead atoms. The van der Waals surface area contributed by atoms with Gasteiger partial charge in [0.2, 0.25) is 0 Å². The van der Waals surface area contributed by atoms with Gasteiger partial charge in [0.25, 0.3) is 0 Å². The molecule has 1 atom stereocenters. The molecule has 0 saturated heterocycles. The third-order valence-electron chi connectivity index (χ3n) is 2.52. The summed E-state index contributed by atoms with van der Waals surface area (Å²) in [6.45, 7) is 4.95. The lowest BCUT2D eigenvalue weighted by atomic mass is 10.1. The summed E-state index contributed by atoms with van der Waals surface area (Å²) in [5.41, 5.74) is 1.05. The minimum Gasteiger partial charge on any atom is -0.308 e. The largest absolute Gasteiger partial charge is 0.308 e. The van der Waals surface area contributed by atoms with Crippen LogP contribution in [0.25, 0.3) is 0 Å². The van der Waals surface area contributed by atoms with Crippen LogP contribution in [0.5, 0.6) is 0 Å². The lowest BCUT2D eigenvalue weighted by molar-refractivity contribution is 0.430. The van der Waals surface area contributed by atoms with Crippen LogP contribution in [0.2, 0.25) is 0 Å². The maximum absolute atomic E-state index is 13.0. The molecule has 90 valence electrons. The van der Waals surface area contributed by atoms with Crippen LogP contribution < -0.4 is 5.32 Å². The summed E-state index contributed by atoms with van der Waals surface area (Å²) in [6, 6.07) is 5.31. The van der Waals surface area contributed by atoms with E-state index in [-0.39, 0.29) is 11.9 Å². The van der Waals surface area contributed by atoms with Crippen molar-refractivity contribution in [3.05, 3.63) is 34.1 Å². The van der Waals surface area contributed by atoms with Crippen LogP contribution in [0.1, 0.15) is 19.4 Å². The summed E-state index contributed by atoms with van der Waals surface area (Å²) in [4.78, 5) is 0. The van der Waals surface area contributed by atoms with E-state index in [1.54, 1.807) is 12.1 Å². The second-order valence-corrected chi connectivity index (χ2v) is 5.30. The van der Waals surface area contributed by atoms with Crippen LogP contribution in [0.15, 0.2) is 22.7 Å².